The Hall–Kier alpha value is -1.13. The molecule has 0 aliphatic rings. The molecule has 0 aliphatic heterocycles. The lowest BCUT2D eigenvalue weighted by molar-refractivity contribution is 0.0938. The number of carbonyl (C=O) groups excluding carboxylic acids is 1. The maximum absolute atomic E-state index is 11.9. The average molecular weight is 223 g/mol. The second kappa shape index (κ2) is 6.45. The molecule has 1 rings (SSSR count). The van der Waals surface area contributed by atoms with Crippen molar-refractivity contribution < 1.29 is 4.79 Å². The number of aromatic nitrogens is 1. The van der Waals surface area contributed by atoms with Crippen molar-refractivity contribution in [1.82, 2.24) is 14.8 Å². The number of hydrogen-bond acceptors (Lipinski definition) is 3. The smallest absolute Gasteiger partial charge is 0.193 e. The lowest BCUT2D eigenvalue weighted by atomic mass is 10.2. The lowest BCUT2D eigenvalue weighted by Crippen LogP contribution is -2.29. The Morgan fingerprint density at radius 1 is 1.56 bits per heavy atom. The van der Waals surface area contributed by atoms with Gasteiger partial charge in [0.25, 0.3) is 0 Å². The first-order valence-electron chi connectivity index (χ1n) is 5.63. The molecule has 1 aromatic rings. The van der Waals surface area contributed by atoms with Gasteiger partial charge in [0.05, 0.1) is 12.2 Å². The van der Waals surface area contributed by atoms with Gasteiger partial charge in [-0.15, -0.1) is 0 Å². The van der Waals surface area contributed by atoms with Gasteiger partial charge >= 0.3 is 0 Å². The van der Waals surface area contributed by atoms with Gasteiger partial charge in [0.15, 0.2) is 5.78 Å². The third-order valence-corrected chi connectivity index (χ3v) is 2.61. The zero-order valence-electron chi connectivity index (χ0n) is 10.4. The molecule has 0 aliphatic carbocycles. The van der Waals surface area contributed by atoms with E-state index >= 15 is 0 Å². The predicted molar refractivity (Wildman–Crippen MR) is 65.8 cm³/mol. The maximum atomic E-state index is 11.9. The summed E-state index contributed by atoms with van der Waals surface area (Å²) in [6.07, 6.45) is 2.96. The molecule has 0 atom stereocenters. The first-order chi connectivity index (χ1) is 7.65. The standard InChI is InChI=1S/C12H21N3O/c1-13-7-5-8-14(2)10-12(16)11-6-4-9-15(11)3/h4,6,9,13H,5,7-8,10H2,1-3H3. The second-order valence-corrected chi connectivity index (χ2v) is 4.12. The van der Waals surface area contributed by atoms with Crippen molar-refractivity contribution in [2.45, 2.75) is 6.42 Å². The van der Waals surface area contributed by atoms with Gasteiger partial charge in [-0.05, 0) is 45.7 Å². The molecule has 4 nitrogen and oxygen atoms in total. The molecule has 0 bridgehead atoms. The van der Waals surface area contributed by atoms with Crippen LogP contribution in [-0.2, 0) is 7.05 Å². The van der Waals surface area contributed by atoms with E-state index in [2.05, 4.69) is 10.2 Å². The van der Waals surface area contributed by atoms with Crippen molar-refractivity contribution in [3.63, 3.8) is 0 Å². The number of hydrogen-bond donors (Lipinski definition) is 1. The van der Waals surface area contributed by atoms with Crippen LogP contribution in [0.3, 0.4) is 0 Å². The number of ketones is 1. The van der Waals surface area contributed by atoms with Crippen LogP contribution in [0.5, 0.6) is 0 Å². The van der Waals surface area contributed by atoms with Crippen molar-refractivity contribution in [3.05, 3.63) is 24.0 Å². The van der Waals surface area contributed by atoms with Crippen molar-refractivity contribution in [1.29, 1.82) is 0 Å². The number of likely N-dealkylation sites (N-methyl/N-ethyl adjacent to an activating group) is 1. The molecule has 1 heterocycles. The van der Waals surface area contributed by atoms with E-state index in [9.17, 15) is 4.79 Å². The summed E-state index contributed by atoms with van der Waals surface area (Å²) < 4.78 is 1.86. The Kier molecular flexibility index (Phi) is 5.22. The number of rotatable bonds is 7. The van der Waals surface area contributed by atoms with Gasteiger partial charge in [-0.1, -0.05) is 0 Å². The Labute approximate surface area is 97.2 Å². The molecule has 0 amide bonds. The normalized spacial score (nSPS) is 11.0. The Bertz CT molecular complexity index is 333. The van der Waals surface area contributed by atoms with Crippen molar-refractivity contribution in [2.75, 3.05) is 33.7 Å². The zero-order chi connectivity index (χ0) is 12.0. The van der Waals surface area contributed by atoms with Gasteiger partial charge in [-0.2, -0.15) is 0 Å². The molecular weight excluding hydrogens is 202 g/mol. The fourth-order valence-corrected chi connectivity index (χ4v) is 1.68. The van der Waals surface area contributed by atoms with Gasteiger partial charge in [0.2, 0.25) is 0 Å². The van der Waals surface area contributed by atoms with Crippen LogP contribution in [0.4, 0.5) is 0 Å². The molecule has 4 heteroatoms. The molecule has 16 heavy (non-hydrogen) atoms. The fourth-order valence-electron chi connectivity index (χ4n) is 1.68. The third kappa shape index (κ3) is 3.79. The minimum absolute atomic E-state index is 0.180. The van der Waals surface area contributed by atoms with Crippen LogP contribution in [0.2, 0.25) is 0 Å². The summed E-state index contributed by atoms with van der Waals surface area (Å²) >= 11 is 0. The highest BCUT2D eigenvalue weighted by molar-refractivity contribution is 5.96. The number of nitrogens with one attached hydrogen (secondary N) is 1. The van der Waals surface area contributed by atoms with Crippen molar-refractivity contribution in [2.24, 2.45) is 7.05 Å². The van der Waals surface area contributed by atoms with Crippen LogP contribution in [-0.4, -0.2) is 49.0 Å². The summed E-state index contributed by atoms with van der Waals surface area (Å²) in [7, 11) is 5.82. The van der Waals surface area contributed by atoms with Crippen molar-refractivity contribution in [3.8, 4) is 0 Å². The quantitative estimate of drug-likeness (QED) is 0.547. The van der Waals surface area contributed by atoms with Gasteiger partial charge in [-0.25, -0.2) is 0 Å². The van der Waals surface area contributed by atoms with E-state index in [1.165, 1.54) is 0 Å². The summed E-state index contributed by atoms with van der Waals surface area (Å²) in [5, 5.41) is 3.10. The van der Waals surface area contributed by atoms with E-state index in [-0.39, 0.29) is 5.78 Å². The van der Waals surface area contributed by atoms with Crippen molar-refractivity contribution >= 4 is 5.78 Å². The molecule has 0 spiro atoms. The topological polar surface area (TPSA) is 37.3 Å². The zero-order valence-corrected chi connectivity index (χ0v) is 10.4. The van der Waals surface area contributed by atoms with Crippen LogP contribution in [0, 0.1) is 0 Å². The fraction of sp³-hybridized carbons (Fsp3) is 0.583. The predicted octanol–water partition coefficient (Wildman–Crippen LogP) is 0.749. The average Bonchev–Trinajstić information content (AvgIpc) is 2.65. The third-order valence-electron chi connectivity index (χ3n) is 2.61. The Balaban J connectivity index is 2.37. The van der Waals surface area contributed by atoms with Crippen LogP contribution in [0.1, 0.15) is 16.9 Å². The largest absolute Gasteiger partial charge is 0.348 e. The summed E-state index contributed by atoms with van der Waals surface area (Å²) in [6.45, 7) is 2.42. The minimum atomic E-state index is 0.180. The van der Waals surface area contributed by atoms with Gasteiger partial charge in [-0.3, -0.25) is 9.69 Å². The minimum Gasteiger partial charge on any atom is -0.348 e. The number of aryl methyl sites for hydroxylation is 1. The van der Waals surface area contributed by atoms with Gasteiger partial charge in [0, 0.05) is 13.2 Å². The highest BCUT2D eigenvalue weighted by Gasteiger charge is 2.11. The molecule has 0 radical (unpaired) electrons. The molecule has 0 saturated carbocycles. The molecular formula is C12H21N3O. The summed E-state index contributed by atoms with van der Waals surface area (Å²) in [5.74, 6) is 0.180. The highest BCUT2D eigenvalue weighted by atomic mass is 16.1. The first-order valence-corrected chi connectivity index (χ1v) is 5.63. The Morgan fingerprint density at radius 3 is 2.88 bits per heavy atom. The highest BCUT2D eigenvalue weighted by Crippen LogP contribution is 2.02. The summed E-state index contributed by atoms with van der Waals surface area (Å²) in [4.78, 5) is 14.0. The van der Waals surface area contributed by atoms with Gasteiger partial charge in [0.1, 0.15) is 0 Å². The van der Waals surface area contributed by atoms with Crippen LogP contribution >= 0.6 is 0 Å². The molecule has 0 saturated heterocycles. The van der Waals surface area contributed by atoms with Crippen LogP contribution in [0.15, 0.2) is 18.3 Å². The first kappa shape index (κ1) is 12.9. The molecule has 0 aromatic carbocycles. The Morgan fingerprint density at radius 2 is 2.31 bits per heavy atom. The van der Waals surface area contributed by atoms with E-state index in [1.54, 1.807) is 0 Å². The molecule has 0 unspecified atom stereocenters. The van der Waals surface area contributed by atoms with E-state index in [0.717, 1.165) is 25.2 Å². The molecule has 0 fully saturated rings. The van der Waals surface area contributed by atoms with Gasteiger partial charge < -0.3 is 9.88 Å². The lowest BCUT2D eigenvalue weighted by Gasteiger charge is -2.15. The van der Waals surface area contributed by atoms with Crippen LogP contribution in [0.25, 0.3) is 0 Å². The molecule has 90 valence electrons. The molecule has 1 N–H and O–H groups in total. The SMILES string of the molecule is CNCCCN(C)CC(=O)c1cccn1C. The summed E-state index contributed by atoms with van der Waals surface area (Å²) in [5.41, 5.74) is 0.778. The number of nitrogens with zero attached hydrogens (tertiary/aromatic N) is 2. The maximum Gasteiger partial charge on any atom is 0.193 e. The van der Waals surface area contributed by atoms with E-state index < -0.39 is 0 Å². The monoisotopic (exact) mass is 223 g/mol. The second-order valence-electron chi connectivity index (χ2n) is 4.12. The van der Waals surface area contributed by atoms with Crippen LogP contribution < -0.4 is 5.32 Å². The number of Topliss-reactive ketones (excluding diaryl/α,β-unsaturated/α-hetero) is 1. The summed E-state index contributed by atoms with van der Waals surface area (Å²) in [6, 6.07) is 3.76. The van der Waals surface area contributed by atoms with E-state index in [4.69, 9.17) is 0 Å². The molecule has 1 aromatic heterocycles. The van der Waals surface area contributed by atoms with E-state index in [1.807, 2.05) is 44.0 Å². The van der Waals surface area contributed by atoms with E-state index in [0.29, 0.717) is 6.54 Å². The number of carbonyl (C=O) groups is 1.